The third-order valence-corrected chi connectivity index (χ3v) is 0. The zero-order valence-electron chi connectivity index (χ0n) is 2.59. The molecule has 0 saturated heterocycles. The van der Waals surface area contributed by atoms with Crippen molar-refractivity contribution >= 4 is 22.6 Å². The SMILES string of the molecule is CCI.[Ti+2]. The Morgan fingerprint density at radius 2 is 1.75 bits per heavy atom. The number of halogens is 1. The summed E-state index contributed by atoms with van der Waals surface area (Å²) in [5.74, 6) is 0. The predicted molar refractivity (Wildman–Crippen MR) is 24.6 cm³/mol. The van der Waals surface area contributed by atoms with Crippen molar-refractivity contribution in [1.29, 1.82) is 0 Å². The first kappa shape index (κ1) is 9.06. The minimum absolute atomic E-state index is 0. The number of rotatable bonds is 0. The van der Waals surface area contributed by atoms with E-state index in [2.05, 4.69) is 29.5 Å². The first-order chi connectivity index (χ1) is 1.41. The molecular formula is C2H5ITi+2. The van der Waals surface area contributed by atoms with Crippen LogP contribution in [0.5, 0.6) is 0 Å². The Hall–Kier alpha value is 1.44. The monoisotopic (exact) mass is 204 g/mol. The van der Waals surface area contributed by atoms with Crippen LogP contribution in [0.3, 0.4) is 0 Å². The van der Waals surface area contributed by atoms with Gasteiger partial charge >= 0.3 is 21.7 Å². The third-order valence-electron chi connectivity index (χ3n) is 0. The van der Waals surface area contributed by atoms with Crippen molar-refractivity contribution in [3.05, 3.63) is 0 Å². The summed E-state index contributed by atoms with van der Waals surface area (Å²) in [6.45, 7) is 2.11. The number of hydrogen-bond donors (Lipinski definition) is 0. The van der Waals surface area contributed by atoms with Crippen LogP contribution < -0.4 is 0 Å². The molecule has 0 spiro atoms. The van der Waals surface area contributed by atoms with Crippen LogP contribution in [0, 0.1) is 0 Å². The molecule has 0 fully saturated rings. The Balaban J connectivity index is 0. The molecule has 0 unspecified atom stereocenters. The van der Waals surface area contributed by atoms with Crippen LogP contribution in [0.2, 0.25) is 0 Å². The van der Waals surface area contributed by atoms with Crippen LogP contribution in [0.15, 0.2) is 0 Å². The second-order valence-electron chi connectivity index (χ2n) is 0.267. The normalized spacial score (nSPS) is 4.50. The molecule has 0 bridgehead atoms. The molecule has 2 heteroatoms. The smallest absolute Gasteiger partial charge is 0.0867 e. The fraction of sp³-hybridized carbons (Fsp3) is 1.00. The van der Waals surface area contributed by atoms with Crippen LogP contribution in [0.1, 0.15) is 6.92 Å². The average molecular weight is 204 g/mol. The molecule has 0 atom stereocenters. The number of hydrogen-bond acceptors (Lipinski definition) is 0. The zero-order chi connectivity index (χ0) is 2.71. The van der Waals surface area contributed by atoms with Crippen LogP contribution in [-0.4, -0.2) is 4.43 Å². The van der Waals surface area contributed by atoms with Gasteiger partial charge < -0.3 is 0 Å². The standard InChI is InChI=1S/C2H5I.Ti/c1-2-3;/h2H2,1H3;/q;+2. The van der Waals surface area contributed by atoms with E-state index in [9.17, 15) is 0 Å². The summed E-state index contributed by atoms with van der Waals surface area (Å²) in [4.78, 5) is 0. The second-order valence-corrected chi connectivity index (χ2v) is 1.79. The summed E-state index contributed by atoms with van der Waals surface area (Å²) in [7, 11) is 0. The van der Waals surface area contributed by atoms with Gasteiger partial charge in [-0.1, -0.05) is 29.5 Å². The van der Waals surface area contributed by atoms with Crippen LogP contribution in [-0.2, 0) is 21.7 Å². The summed E-state index contributed by atoms with van der Waals surface area (Å²) in [5.41, 5.74) is 0. The van der Waals surface area contributed by atoms with E-state index in [0.717, 1.165) is 0 Å². The second kappa shape index (κ2) is 8.82. The maximum absolute atomic E-state index is 2.29. The molecule has 4 heavy (non-hydrogen) atoms. The van der Waals surface area contributed by atoms with E-state index < -0.39 is 0 Å². The number of alkyl halides is 1. The topological polar surface area (TPSA) is 0 Å². The minimum atomic E-state index is 0. The summed E-state index contributed by atoms with van der Waals surface area (Å²) in [6, 6.07) is 0. The quantitative estimate of drug-likeness (QED) is 0.318. The largest absolute Gasteiger partial charge is 2.00 e. The van der Waals surface area contributed by atoms with Gasteiger partial charge in [0.2, 0.25) is 0 Å². The summed E-state index contributed by atoms with van der Waals surface area (Å²) >= 11 is 2.29. The molecule has 0 rings (SSSR count). The van der Waals surface area contributed by atoms with E-state index in [-0.39, 0.29) is 21.7 Å². The van der Waals surface area contributed by atoms with Crippen molar-refractivity contribution < 1.29 is 21.7 Å². The van der Waals surface area contributed by atoms with Crippen molar-refractivity contribution in [2.75, 3.05) is 4.43 Å². The van der Waals surface area contributed by atoms with Gasteiger partial charge in [-0.15, -0.1) is 0 Å². The van der Waals surface area contributed by atoms with E-state index in [0.29, 0.717) is 0 Å². The summed E-state index contributed by atoms with van der Waals surface area (Å²) < 4.78 is 1.22. The van der Waals surface area contributed by atoms with E-state index >= 15 is 0 Å². The maximum atomic E-state index is 2.29. The predicted octanol–water partition coefficient (Wildman–Crippen LogP) is 1.44. The molecule has 0 radical (unpaired) electrons. The maximum Gasteiger partial charge on any atom is 2.00 e. The molecule has 0 aliphatic heterocycles. The van der Waals surface area contributed by atoms with Crippen molar-refractivity contribution in [2.45, 2.75) is 6.92 Å². The zero-order valence-corrected chi connectivity index (χ0v) is 6.30. The van der Waals surface area contributed by atoms with E-state index in [1.165, 1.54) is 4.43 Å². The molecule has 22 valence electrons. The van der Waals surface area contributed by atoms with Crippen molar-refractivity contribution in [3.63, 3.8) is 0 Å². The Morgan fingerprint density at radius 3 is 1.75 bits per heavy atom. The molecular weight excluding hydrogens is 199 g/mol. The fourth-order valence-electron chi connectivity index (χ4n) is 0. The molecule has 0 saturated carbocycles. The summed E-state index contributed by atoms with van der Waals surface area (Å²) in [5, 5.41) is 0. The fourth-order valence-corrected chi connectivity index (χ4v) is 0. The van der Waals surface area contributed by atoms with Crippen LogP contribution >= 0.6 is 22.6 Å². The van der Waals surface area contributed by atoms with E-state index in [1.807, 2.05) is 0 Å². The minimum Gasteiger partial charge on any atom is -0.0867 e. The van der Waals surface area contributed by atoms with E-state index in [1.54, 1.807) is 0 Å². The van der Waals surface area contributed by atoms with Gasteiger partial charge in [-0.3, -0.25) is 0 Å². The van der Waals surface area contributed by atoms with Crippen LogP contribution in [0.25, 0.3) is 0 Å². The van der Waals surface area contributed by atoms with Crippen molar-refractivity contribution in [1.82, 2.24) is 0 Å². The molecule has 0 nitrogen and oxygen atoms in total. The van der Waals surface area contributed by atoms with Crippen molar-refractivity contribution in [3.8, 4) is 0 Å². The van der Waals surface area contributed by atoms with Crippen molar-refractivity contribution in [2.24, 2.45) is 0 Å². The van der Waals surface area contributed by atoms with Gasteiger partial charge in [0.05, 0.1) is 0 Å². The van der Waals surface area contributed by atoms with Gasteiger partial charge in [-0.25, -0.2) is 0 Å². The third kappa shape index (κ3) is 9.86. The molecule has 0 amide bonds. The first-order valence-corrected chi connectivity index (χ1v) is 2.50. The molecule has 0 aliphatic carbocycles. The molecule has 0 aliphatic rings. The molecule has 0 aromatic heterocycles. The Morgan fingerprint density at radius 1 is 1.75 bits per heavy atom. The average Bonchev–Trinajstić information content (AvgIpc) is 0.918. The Kier molecular flexibility index (Phi) is 20.0. The molecule has 0 aromatic rings. The molecule has 0 heterocycles. The van der Waals surface area contributed by atoms with Gasteiger partial charge in [0.1, 0.15) is 0 Å². The Labute approximate surface area is 55.4 Å². The van der Waals surface area contributed by atoms with Gasteiger partial charge in [-0.05, 0) is 4.43 Å². The molecule has 0 aromatic carbocycles. The van der Waals surface area contributed by atoms with Gasteiger partial charge in [0, 0.05) is 0 Å². The Bertz CT molecular complexity index is 6.00. The van der Waals surface area contributed by atoms with Crippen LogP contribution in [0.4, 0.5) is 0 Å². The van der Waals surface area contributed by atoms with Gasteiger partial charge in [0.15, 0.2) is 0 Å². The first-order valence-electron chi connectivity index (χ1n) is 0.974. The van der Waals surface area contributed by atoms with E-state index in [4.69, 9.17) is 0 Å². The van der Waals surface area contributed by atoms with Gasteiger partial charge in [0.25, 0.3) is 0 Å². The summed E-state index contributed by atoms with van der Waals surface area (Å²) in [6.07, 6.45) is 0. The molecule has 0 N–H and O–H groups in total. The van der Waals surface area contributed by atoms with Gasteiger partial charge in [-0.2, -0.15) is 0 Å².